The molecule has 4 rings (SSSR count). The smallest absolute Gasteiger partial charge is 0.240 e. The van der Waals surface area contributed by atoms with Gasteiger partial charge in [0, 0.05) is 36.9 Å². The lowest BCUT2D eigenvalue weighted by Crippen LogP contribution is -2.56. The number of benzene rings is 2. The van der Waals surface area contributed by atoms with Crippen molar-refractivity contribution in [3.63, 3.8) is 0 Å². The molecule has 0 bridgehead atoms. The molecule has 0 radical (unpaired) electrons. The summed E-state index contributed by atoms with van der Waals surface area (Å²) in [5, 5.41) is 1.22. The number of nitrogens with one attached hydrogen (secondary N) is 1. The van der Waals surface area contributed by atoms with Crippen LogP contribution in [0.2, 0.25) is 0 Å². The van der Waals surface area contributed by atoms with Crippen LogP contribution in [0.4, 0.5) is 0 Å². The number of likely N-dealkylation sites (tertiary alicyclic amines) is 1. The summed E-state index contributed by atoms with van der Waals surface area (Å²) in [6.07, 6.45) is 3.87. The summed E-state index contributed by atoms with van der Waals surface area (Å²) in [7, 11) is 6.41. The number of aromatic amines is 1. The fourth-order valence-electron chi connectivity index (χ4n) is 5.59. The SMILES string of the molecule is CC(C)C(C(=O)N1CCC(c2ccccc2)(N(C)C)CC1)N(C)Cc1ccc2cc[nH]c2c1. The van der Waals surface area contributed by atoms with Crippen LogP contribution in [0.5, 0.6) is 0 Å². The first-order valence-electron chi connectivity index (χ1n) is 12.1. The summed E-state index contributed by atoms with van der Waals surface area (Å²) >= 11 is 0. The Morgan fingerprint density at radius 1 is 1.03 bits per heavy atom. The number of hydrogen-bond donors (Lipinski definition) is 1. The summed E-state index contributed by atoms with van der Waals surface area (Å²) in [5.41, 5.74) is 3.70. The molecule has 1 aliphatic heterocycles. The number of nitrogens with zero attached hydrogens (tertiary/aromatic N) is 3. The number of rotatable bonds is 7. The number of piperidine rings is 1. The Morgan fingerprint density at radius 2 is 1.73 bits per heavy atom. The predicted octanol–water partition coefficient (Wildman–Crippen LogP) is 4.70. The van der Waals surface area contributed by atoms with Crippen molar-refractivity contribution >= 4 is 16.8 Å². The maximum Gasteiger partial charge on any atom is 0.240 e. The zero-order valence-corrected chi connectivity index (χ0v) is 20.7. The second-order valence-corrected chi connectivity index (χ2v) is 10.1. The second kappa shape index (κ2) is 9.70. The van der Waals surface area contributed by atoms with E-state index in [-0.39, 0.29) is 23.4 Å². The Kier molecular flexibility index (Phi) is 6.91. The molecular formula is C28H38N4O. The van der Waals surface area contributed by atoms with Crippen molar-refractivity contribution in [2.75, 3.05) is 34.2 Å². The molecule has 5 nitrogen and oxygen atoms in total. The fourth-order valence-corrected chi connectivity index (χ4v) is 5.59. The molecule has 1 N–H and O–H groups in total. The van der Waals surface area contributed by atoms with E-state index >= 15 is 0 Å². The number of aromatic nitrogens is 1. The summed E-state index contributed by atoms with van der Waals surface area (Å²) in [6.45, 7) is 6.65. The lowest BCUT2D eigenvalue weighted by Gasteiger charge is -2.47. The quantitative estimate of drug-likeness (QED) is 0.572. The lowest BCUT2D eigenvalue weighted by molar-refractivity contribution is -0.141. The van der Waals surface area contributed by atoms with E-state index < -0.39 is 0 Å². The highest BCUT2D eigenvalue weighted by atomic mass is 16.2. The zero-order chi connectivity index (χ0) is 23.6. The highest BCUT2D eigenvalue weighted by Crippen LogP contribution is 2.37. The molecular weight excluding hydrogens is 408 g/mol. The zero-order valence-electron chi connectivity index (χ0n) is 20.7. The van der Waals surface area contributed by atoms with Crippen LogP contribution >= 0.6 is 0 Å². The molecule has 1 atom stereocenters. The number of fused-ring (bicyclic) bond motifs is 1. The van der Waals surface area contributed by atoms with Crippen molar-refractivity contribution in [3.8, 4) is 0 Å². The molecule has 1 aromatic heterocycles. The molecule has 0 aliphatic carbocycles. The third-order valence-corrected chi connectivity index (χ3v) is 7.48. The van der Waals surface area contributed by atoms with Gasteiger partial charge < -0.3 is 9.88 Å². The molecule has 33 heavy (non-hydrogen) atoms. The minimum absolute atomic E-state index is 0.0112. The average Bonchev–Trinajstić information content (AvgIpc) is 3.27. The monoisotopic (exact) mass is 446 g/mol. The summed E-state index contributed by atoms with van der Waals surface area (Å²) in [5.74, 6) is 0.500. The van der Waals surface area contributed by atoms with E-state index in [0.717, 1.165) is 38.0 Å². The molecule has 1 aliphatic rings. The van der Waals surface area contributed by atoms with Gasteiger partial charge in [-0.25, -0.2) is 0 Å². The van der Waals surface area contributed by atoms with E-state index in [2.05, 4.69) is 109 Å². The molecule has 1 unspecified atom stereocenters. The van der Waals surface area contributed by atoms with Gasteiger partial charge in [0.2, 0.25) is 5.91 Å². The van der Waals surface area contributed by atoms with Crippen LogP contribution in [-0.2, 0) is 16.9 Å². The maximum absolute atomic E-state index is 13.7. The molecule has 176 valence electrons. The van der Waals surface area contributed by atoms with Crippen LogP contribution in [0.15, 0.2) is 60.8 Å². The van der Waals surface area contributed by atoms with Gasteiger partial charge in [-0.15, -0.1) is 0 Å². The molecule has 2 aromatic carbocycles. The van der Waals surface area contributed by atoms with Gasteiger partial charge >= 0.3 is 0 Å². The number of H-pyrrole nitrogens is 1. The van der Waals surface area contributed by atoms with E-state index in [4.69, 9.17) is 0 Å². The van der Waals surface area contributed by atoms with Gasteiger partial charge in [-0.1, -0.05) is 56.3 Å². The molecule has 1 fully saturated rings. The van der Waals surface area contributed by atoms with Crippen molar-refractivity contribution in [1.29, 1.82) is 0 Å². The average molecular weight is 447 g/mol. The van der Waals surface area contributed by atoms with Gasteiger partial charge in [-0.2, -0.15) is 0 Å². The summed E-state index contributed by atoms with van der Waals surface area (Å²) < 4.78 is 0. The topological polar surface area (TPSA) is 42.6 Å². The van der Waals surface area contributed by atoms with Crippen LogP contribution in [0, 0.1) is 5.92 Å². The molecule has 0 spiro atoms. The molecule has 1 amide bonds. The second-order valence-electron chi connectivity index (χ2n) is 10.1. The summed E-state index contributed by atoms with van der Waals surface area (Å²) in [4.78, 5) is 23.7. The Morgan fingerprint density at radius 3 is 2.36 bits per heavy atom. The number of amides is 1. The molecule has 0 saturated carbocycles. The van der Waals surface area contributed by atoms with Gasteiger partial charge in [0.25, 0.3) is 0 Å². The van der Waals surface area contributed by atoms with Crippen molar-refractivity contribution in [2.45, 2.75) is 44.8 Å². The van der Waals surface area contributed by atoms with Crippen molar-refractivity contribution in [1.82, 2.24) is 19.7 Å². The normalized spacial score (nSPS) is 17.3. The number of likely N-dealkylation sites (N-methyl/N-ethyl adjacent to an activating group) is 1. The minimum Gasteiger partial charge on any atom is -0.361 e. The highest BCUT2D eigenvalue weighted by Gasteiger charge is 2.41. The standard InChI is InChI=1S/C28H38N4O/c1-21(2)26(31(5)20-22-11-12-23-13-16-29-25(23)19-22)27(33)32-17-14-28(15-18-32,30(3)4)24-9-7-6-8-10-24/h6-13,16,19,21,26,29H,14-15,17-18,20H2,1-5H3. The number of carbonyl (C=O) groups excluding carboxylic acids is 1. The van der Waals surface area contributed by atoms with Gasteiger partial charge in [0.15, 0.2) is 0 Å². The van der Waals surface area contributed by atoms with Gasteiger partial charge in [-0.3, -0.25) is 14.6 Å². The van der Waals surface area contributed by atoms with E-state index in [1.165, 1.54) is 16.5 Å². The first kappa shape index (κ1) is 23.5. The third kappa shape index (κ3) is 4.71. The molecule has 1 saturated heterocycles. The van der Waals surface area contributed by atoms with Gasteiger partial charge in [0.1, 0.15) is 0 Å². The third-order valence-electron chi connectivity index (χ3n) is 7.48. The molecule has 2 heterocycles. The summed E-state index contributed by atoms with van der Waals surface area (Å²) in [6, 6.07) is 19.2. The minimum atomic E-state index is -0.132. The molecule has 5 heteroatoms. The van der Waals surface area contributed by atoms with E-state index in [1.54, 1.807) is 0 Å². The fraction of sp³-hybridized carbons (Fsp3) is 0.464. The van der Waals surface area contributed by atoms with Crippen LogP contribution in [0.1, 0.15) is 37.8 Å². The molecule has 3 aromatic rings. The van der Waals surface area contributed by atoms with Gasteiger partial charge in [-0.05, 0) is 68.5 Å². The predicted molar refractivity (Wildman–Crippen MR) is 136 cm³/mol. The Hall–Kier alpha value is -2.63. The lowest BCUT2D eigenvalue weighted by atomic mass is 9.79. The van der Waals surface area contributed by atoms with E-state index in [1.807, 2.05) is 6.20 Å². The highest BCUT2D eigenvalue weighted by molar-refractivity contribution is 5.82. The first-order valence-corrected chi connectivity index (χ1v) is 12.1. The number of carbonyl (C=O) groups is 1. The Labute approximate surface area is 198 Å². The van der Waals surface area contributed by atoms with E-state index in [0.29, 0.717) is 0 Å². The Balaban J connectivity index is 1.47. The largest absolute Gasteiger partial charge is 0.361 e. The van der Waals surface area contributed by atoms with Crippen molar-refractivity contribution < 1.29 is 4.79 Å². The van der Waals surface area contributed by atoms with Crippen LogP contribution in [0.3, 0.4) is 0 Å². The van der Waals surface area contributed by atoms with Crippen LogP contribution in [0.25, 0.3) is 10.9 Å². The van der Waals surface area contributed by atoms with E-state index in [9.17, 15) is 4.79 Å². The van der Waals surface area contributed by atoms with Gasteiger partial charge in [0.05, 0.1) is 6.04 Å². The Bertz CT molecular complexity index is 1060. The number of hydrogen-bond acceptors (Lipinski definition) is 3. The van der Waals surface area contributed by atoms with Crippen LogP contribution < -0.4 is 0 Å². The van der Waals surface area contributed by atoms with Crippen LogP contribution in [-0.4, -0.2) is 65.9 Å². The van der Waals surface area contributed by atoms with Crippen molar-refractivity contribution in [3.05, 3.63) is 71.9 Å². The van der Waals surface area contributed by atoms with Crippen molar-refractivity contribution in [2.24, 2.45) is 5.92 Å². The first-order chi connectivity index (χ1) is 15.8. The maximum atomic E-state index is 13.7.